The maximum absolute atomic E-state index is 9.31. The summed E-state index contributed by atoms with van der Waals surface area (Å²) < 4.78 is 1.05. The maximum Gasteiger partial charge on any atom is 0.196 e. The average molecular weight is 306 g/mol. The molecule has 0 atom stereocenters. The van der Waals surface area contributed by atoms with Crippen molar-refractivity contribution in [2.24, 2.45) is 5.10 Å². The Balaban J connectivity index is 1.84. The molecule has 3 aromatic rings. The zero-order valence-corrected chi connectivity index (χ0v) is 12.9. The molecule has 4 nitrogen and oxygen atoms in total. The van der Waals surface area contributed by atoms with Crippen LogP contribution in [0.25, 0.3) is 10.2 Å². The third-order valence-electron chi connectivity index (χ3n) is 3.26. The zero-order valence-electron chi connectivity index (χ0n) is 12.1. The Kier molecular flexibility index (Phi) is 4.12. The van der Waals surface area contributed by atoms with Gasteiger partial charge in [0, 0.05) is 0 Å². The smallest absolute Gasteiger partial charge is 0.196 e. The van der Waals surface area contributed by atoms with E-state index in [1.807, 2.05) is 48.5 Å². The minimum Gasteiger partial charge on any atom is -0.277 e. The predicted octanol–water partition coefficient (Wildman–Crippen LogP) is 4.20. The molecule has 0 aliphatic rings. The number of hydrazone groups is 1. The van der Waals surface area contributed by atoms with Crippen molar-refractivity contribution < 1.29 is 0 Å². The van der Waals surface area contributed by atoms with Crippen molar-refractivity contribution in [3.8, 4) is 6.07 Å². The highest BCUT2D eigenvalue weighted by Crippen LogP contribution is 2.22. The summed E-state index contributed by atoms with van der Waals surface area (Å²) in [5.74, 6) is 0. The minimum atomic E-state index is 0.292. The fraction of sp³-hybridized carbons (Fsp3) is 0.118. The lowest BCUT2D eigenvalue weighted by atomic mass is 10.2. The lowest BCUT2D eigenvalue weighted by Crippen LogP contribution is -2.01. The van der Waals surface area contributed by atoms with E-state index in [0.717, 1.165) is 22.3 Å². The number of hydrogen-bond acceptors (Lipinski definition) is 5. The van der Waals surface area contributed by atoms with Crippen LogP contribution in [0, 0.1) is 11.3 Å². The number of aromatic nitrogens is 1. The van der Waals surface area contributed by atoms with E-state index in [1.54, 1.807) is 0 Å². The summed E-state index contributed by atoms with van der Waals surface area (Å²) in [6.45, 7) is 2.11. The molecule has 0 aliphatic carbocycles. The molecule has 0 saturated heterocycles. The van der Waals surface area contributed by atoms with E-state index in [-0.39, 0.29) is 0 Å². The van der Waals surface area contributed by atoms with Crippen LogP contribution >= 0.6 is 11.3 Å². The largest absolute Gasteiger partial charge is 0.277 e. The van der Waals surface area contributed by atoms with Gasteiger partial charge < -0.3 is 0 Å². The lowest BCUT2D eigenvalue weighted by Gasteiger charge is -2.02. The van der Waals surface area contributed by atoms with Gasteiger partial charge in [0.1, 0.15) is 6.07 Å². The lowest BCUT2D eigenvalue weighted by molar-refractivity contribution is 1.14. The van der Waals surface area contributed by atoms with Crippen molar-refractivity contribution in [1.82, 2.24) is 4.98 Å². The summed E-state index contributed by atoms with van der Waals surface area (Å²) in [7, 11) is 0. The van der Waals surface area contributed by atoms with Gasteiger partial charge in [-0.05, 0) is 36.2 Å². The number of benzene rings is 2. The van der Waals surface area contributed by atoms with Gasteiger partial charge in [-0.25, -0.2) is 4.98 Å². The predicted molar refractivity (Wildman–Crippen MR) is 91.2 cm³/mol. The van der Waals surface area contributed by atoms with Gasteiger partial charge in [0.25, 0.3) is 0 Å². The Morgan fingerprint density at radius 1 is 1.23 bits per heavy atom. The molecule has 2 aromatic carbocycles. The van der Waals surface area contributed by atoms with Crippen LogP contribution in [-0.4, -0.2) is 10.7 Å². The van der Waals surface area contributed by atoms with Gasteiger partial charge in [-0.1, -0.05) is 31.2 Å². The van der Waals surface area contributed by atoms with Gasteiger partial charge in [0.2, 0.25) is 0 Å². The first kappa shape index (κ1) is 14.2. The molecule has 22 heavy (non-hydrogen) atoms. The molecule has 0 amide bonds. The first-order valence-electron chi connectivity index (χ1n) is 6.99. The highest BCUT2D eigenvalue weighted by atomic mass is 32.1. The molecule has 0 spiro atoms. The Morgan fingerprint density at radius 2 is 2.00 bits per heavy atom. The van der Waals surface area contributed by atoms with Crippen molar-refractivity contribution in [2.75, 3.05) is 5.43 Å². The molecule has 0 unspecified atom stereocenters. The molecular formula is C17H14N4S. The van der Waals surface area contributed by atoms with Crippen molar-refractivity contribution in [1.29, 1.82) is 5.26 Å². The minimum absolute atomic E-state index is 0.292. The van der Waals surface area contributed by atoms with Gasteiger partial charge in [0.05, 0.1) is 15.9 Å². The Labute approximate surface area is 132 Å². The van der Waals surface area contributed by atoms with Crippen LogP contribution < -0.4 is 5.43 Å². The molecular weight excluding hydrogens is 292 g/mol. The van der Waals surface area contributed by atoms with Crippen LogP contribution in [0.4, 0.5) is 5.69 Å². The van der Waals surface area contributed by atoms with E-state index in [0.29, 0.717) is 10.7 Å². The second-order valence-electron chi connectivity index (χ2n) is 4.72. The number of nitriles is 1. The summed E-state index contributed by atoms with van der Waals surface area (Å²) in [5.41, 5.74) is 6.22. The highest BCUT2D eigenvalue weighted by molar-refractivity contribution is 7.20. The maximum atomic E-state index is 9.31. The molecule has 5 heteroatoms. The van der Waals surface area contributed by atoms with Gasteiger partial charge in [-0.3, -0.25) is 5.43 Å². The van der Waals surface area contributed by atoms with E-state index in [2.05, 4.69) is 28.5 Å². The number of anilines is 1. The summed E-state index contributed by atoms with van der Waals surface area (Å²) in [5, 5.41) is 14.1. The number of para-hydroxylation sites is 1. The van der Waals surface area contributed by atoms with E-state index < -0.39 is 0 Å². The average Bonchev–Trinajstić information content (AvgIpc) is 3.00. The van der Waals surface area contributed by atoms with Gasteiger partial charge in [-0.2, -0.15) is 10.4 Å². The molecule has 1 aromatic heterocycles. The topological polar surface area (TPSA) is 61.1 Å². The molecule has 0 bridgehead atoms. The summed E-state index contributed by atoms with van der Waals surface area (Å²) in [6.07, 6.45) is 0.999. The number of hydrogen-bond donors (Lipinski definition) is 1. The standard InChI is InChI=1S/C17H14N4S/c1-2-12-7-9-13(10-8-12)20-21-15(11-18)17-19-14-5-3-4-6-16(14)22-17/h3-10,20H,2H2,1H3/b21-15-. The number of aryl methyl sites for hydroxylation is 1. The van der Waals surface area contributed by atoms with Crippen LogP contribution in [0.2, 0.25) is 0 Å². The van der Waals surface area contributed by atoms with Gasteiger partial charge in [-0.15, -0.1) is 11.3 Å². The molecule has 0 fully saturated rings. The van der Waals surface area contributed by atoms with Crippen LogP contribution in [0.5, 0.6) is 0 Å². The molecule has 0 radical (unpaired) electrons. The van der Waals surface area contributed by atoms with E-state index in [9.17, 15) is 5.26 Å². The number of nitrogens with one attached hydrogen (secondary N) is 1. The Hall–Kier alpha value is -2.71. The third-order valence-corrected chi connectivity index (χ3v) is 4.30. The molecule has 1 N–H and O–H groups in total. The molecule has 108 valence electrons. The summed E-state index contributed by atoms with van der Waals surface area (Å²) in [6, 6.07) is 17.9. The van der Waals surface area contributed by atoms with Crippen molar-refractivity contribution >= 4 is 33.0 Å². The van der Waals surface area contributed by atoms with Gasteiger partial charge in [0.15, 0.2) is 10.7 Å². The van der Waals surface area contributed by atoms with Crippen molar-refractivity contribution in [3.05, 3.63) is 59.1 Å². The number of fused-ring (bicyclic) bond motifs is 1. The highest BCUT2D eigenvalue weighted by Gasteiger charge is 2.09. The first-order valence-corrected chi connectivity index (χ1v) is 7.80. The number of nitrogens with zero attached hydrogens (tertiary/aromatic N) is 3. The van der Waals surface area contributed by atoms with Crippen LogP contribution in [0.1, 0.15) is 17.5 Å². The summed E-state index contributed by atoms with van der Waals surface area (Å²) in [4.78, 5) is 4.45. The quantitative estimate of drug-likeness (QED) is 0.580. The van der Waals surface area contributed by atoms with E-state index >= 15 is 0 Å². The number of thiazole rings is 1. The monoisotopic (exact) mass is 306 g/mol. The third kappa shape index (κ3) is 2.97. The van der Waals surface area contributed by atoms with Crippen LogP contribution in [0.3, 0.4) is 0 Å². The first-order chi connectivity index (χ1) is 10.8. The normalized spacial score (nSPS) is 11.4. The van der Waals surface area contributed by atoms with Gasteiger partial charge >= 0.3 is 0 Å². The Bertz CT molecular complexity index is 823. The van der Waals surface area contributed by atoms with Crippen molar-refractivity contribution in [2.45, 2.75) is 13.3 Å². The van der Waals surface area contributed by atoms with E-state index in [4.69, 9.17) is 0 Å². The second kappa shape index (κ2) is 6.37. The second-order valence-corrected chi connectivity index (χ2v) is 5.75. The van der Waals surface area contributed by atoms with Crippen molar-refractivity contribution in [3.63, 3.8) is 0 Å². The van der Waals surface area contributed by atoms with E-state index in [1.165, 1.54) is 16.9 Å². The zero-order chi connectivity index (χ0) is 15.4. The Morgan fingerprint density at radius 3 is 2.68 bits per heavy atom. The van der Waals surface area contributed by atoms with Crippen LogP contribution in [-0.2, 0) is 6.42 Å². The fourth-order valence-corrected chi connectivity index (χ4v) is 2.93. The molecule has 3 rings (SSSR count). The van der Waals surface area contributed by atoms with Crippen LogP contribution in [0.15, 0.2) is 53.6 Å². The molecule has 1 heterocycles. The molecule has 0 saturated carbocycles. The summed E-state index contributed by atoms with van der Waals surface area (Å²) >= 11 is 1.47. The number of rotatable bonds is 4. The molecule has 0 aliphatic heterocycles. The SMILES string of the molecule is CCc1ccc(N/N=C(/C#N)c2nc3ccccc3s2)cc1. The fourth-order valence-electron chi connectivity index (χ4n) is 2.03.